The average Bonchev–Trinajstić information content (AvgIpc) is 2.56. The van der Waals surface area contributed by atoms with E-state index in [1.807, 2.05) is 35.2 Å². The third-order valence-electron chi connectivity index (χ3n) is 4.63. The summed E-state index contributed by atoms with van der Waals surface area (Å²) < 4.78 is 0. The summed E-state index contributed by atoms with van der Waals surface area (Å²) in [5.74, 6) is 0.213. The number of carbonyl (C=O) groups is 1. The number of aliphatic hydroxyl groups excluding tert-OH is 1. The second kappa shape index (κ2) is 9.68. The van der Waals surface area contributed by atoms with Gasteiger partial charge in [0.15, 0.2) is 0 Å². The first-order chi connectivity index (χ1) is 11.2. The van der Waals surface area contributed by atoms with Crippen LogP contribution < -0.4 is 0 Å². The van der Waals surface area contributed by atoms with Gasteiger partial charge in [-0.2, -0.15) is 0 Å². The molecule has 1 heterocycles. The third kappa shape index (κ3) is 5.96. The number of carbonyl (C=O) groups excluding carboxylic acids is 1. The van der Waals surface area contributed by atoms with Gasteiger partial charge in [-0.05, 0) is 50.5 Å². The van der Waals surface area contributed by atoms with Crippen molar-refractivity contribution >= 4 is 5.91 Å². The number of benzene rings is 1. The zero-order valence-corrected chi connectivity index (χ0v) is 13.8. The highest BCUT2D eigenvalue weighted by Crippen LogP contribution is 2.23. The van der Waals surface area contributed by atoms with Crippen LogP contribution in [0.1, 0.15) is 50.5 Å². The molecule has 1 N–H and O–H groups in total. The third-order valence-corrected chi connectivity index (χ3v) is 4.63. The largest absolute Gasteiger partial charge is 0.393 e. The summed E-state index contributed by atoms with van der Waals surface area (Å²) in [7, 11) is 0. The van der Waals surface area contributed by atoms with Gasteiger partial charge in [-0.3, -0.25) is 4.79 Å². The molecule has 0 aromatic heterocycles. The number of unbranched alkanes of at least 4 members (excludes halogenated alkanes) is 1. The van der Waals surface area contributed by atoms with Gasteiger partial charge in [0.05, 0.1) is 12.7 Å². The van der Waals surface area contributed by atoms with Crippen molar-refractivity contribution in [3.05, 3.63) is 35.9 Å². The topological polar surface area (TPSA) is 60.4 Å². The van der Waals surface area contributed by atoms with Gasteiger partial charge in [0.2, 0.25) is 5.91 Å². The number of piperidine rings is 1. The van der Waals surface area contributed by atoms with E-state index in [-0.39, 0.29) is 24.7 Å². The molecule has 127 valence electrons. The number of rotatable bonds is 9. The molecule has 1 unspecified atom stereocenters. The van der Waals surface area contributed by atoms with Crippen LogP contribution >= 0.6 is 0 Å². The van der Waals surface area contributed by atoms with Crippen LogP contribution in [0.2, 0.25) is 0 Å². The van der Waals surface area contributed by atoms with Crippen LogP contribution in [0.4, 0.5) is 0 Å². The summed E-state index contributed by atoms with van der Waals surface area (Å²) >= 11 is 0. The van der Waals surface area contributed by atoms with E-state index < -0.39 is 0 Å². The molecule has 1 aromatic rings. The fourth-order valence-corrected chi connectivity index (χ4v) is 3.36. The van der Waals surface area contributed by atoms with E-state index in [1.165, 1.54) is 0 Å². The fourth-order valence-electron chi connectivity index (χ4n) is 3.36. The van der Waals surface area contributed by atoms with E-state index in [0.717, 1.165) is 31.2 Å². The number of hydrogen-bond donors (Lipinski definition) is 1. The molecule has 0 spiro atoms. The highest BCUT2D eigenvalue weighted by Gasteiger charge is 2.27. The minimum Gasteiger partial charge on any atom is -0.393 e. The summed E-state index contributed by atoms with van der Waals surface area (Å²) in [6, 6.07) is 10.2. The lowest BCUT2D eigenvalue weighted by molar-refractivity contribution is -0.136. The van der Waals surface area contributed by atoms with Crippen LogP contribution in [-0.4, -0.2) is 41.2 Å². The lowest BCUT2D eigenvalue weighted by Gasteiger charge is -2.36. The van der Waals surface area contributed by atoms with Crippen LogP contribution in [0, 0.1) is 0 Å². The minimum atomic E-state index is -0.363. The van der Waals surface area contributed by atoms with E-state index in [2.05, 4.69) is 0 Å². The lowest BCUT2D eigenvalue weighted by atomic mass is 9.94. The molecular formula is C19H28NO3. The molecule has 1 aliphatic rings. The maximum Gasteiger partial charge on any atom is 0.222 e. The monoisotopic (exact) mass is 318 g/mol. The Morgan fingerprint density at radius 3 is 2.74 bits per heavy atom. The van der Waals surface area contributed by atoms with E-state index in [9.17, 15) is 15.0 Å². The number of amides is 1. The molecule has 1 aromatic carbocycles. The zero-order valence-electron chi connectivity index (χ0n) is 13.8. The number of aliphatic hydroxyl groups is 1. The number of likely N-dealkylation sites (tertiary alicyclic amines) is 1. The molecule has 1 fully saturated rings. The van der Waals surface area contributed by atoms with Gasteiger partial charge in [0.1, 0.15) is 0 Å². The van der Waals surface area contributed by atoms with Gasteiger partial charge in [0.25, 0.3) is 0 Å². The Balaban J connectivity index is 1.80. The zero-order chi connectivity index (χ0) is 16.5. The van der Waals surface area contributed by atoms with Crippen molar-refractivity contribution in [2.45, 2.75) is 63.5 Å². The summed E-state index contributed by atoms with van der Waals surface area (Å²) in [5.41, 5.74) is 1.15. The maximum absolute atomic E-state index is 12.1. The Bertz CT molecular complexity index is 463. The molecule has 1 aliphatic heterocycles. The molecule has 0 bridgehead atoms. The molecule has 0 saturated carbocycles. The van der Waals surface area contributed by atoms with Crippen molar-refractivity contribution in [3.8, 4) is 0 Å². The van der Waals surface area contributed by atoms with Crippen molar-refractivity contribution in [3.63, 3.8) is 0 Å². The second-order valence-corrected chi connectivity index (χ2v) is 6.47. The average molecular weight is 318 g/mol. The molecule has 2 atom stereocenters. The normalized spacial score (nSPS) is 19.8. The first-order valence-electron chi connectivity index (χ1n) is 8.80. The molecule has 0 aliphatic carbocycles. The molecule has 1 radical (unpaired) electrons. The Labute approximate surface area is 139 Å². The van der Waals surface area contributed by atoms with Gasteiger partial charge in [-0.15, -0.1) is 0 Å². The van der Waals surface area contributed by atoms with Crippen LogP contribution in [0.3, 0.4) is 0 Å². The summed E-state index contributed by atoms with van der Waals surface area (Å²) in [4.78, 5) is 14.1. The van der Waals surface area contributed by atoms with Crippen LogP contribution in [0.5, 0.6) is 0 Å². The minimum absolute atomic E-state index is 0.0670. The molecular weight excluding hydrogens is 290 g/mol. The molecule has 23 heavy (non-hydrogen) atoms. The Hall–Kier alpha value is -1.39. The van der Waals surface area contributed by atoms with E-state index in [1.54, 1.807) is 0 Å². The quantitative estimate of drug-likeness (QED) is 0.712. The van der Waals surface area contributed by atoms with Gasteiger partial charge in [-0.25, -0.2) is 5.11 Å². The van der Waals surface area contributed by atoms with Crippen LogP contribution in [0.25, 0.3) is 0 Å². The maximum atomic E-state index is 12.1. The van der Waals surface area contributed by atoms with Crippen molar-refractivity contribution in [1.82, 2.24) is 4.90 Å². The van der Waals surface area contributed by atoms with E-state index >= 15 is 0 Å². The standard InChI is InChI=1S/C19H28NO3/c21-14-5-4-13-20-17(9-6-10-19(20)23)11-12-18(22)15-16-7-2-1-3-8-16/h1-3,7-8,17-18,22H,4-6,9-15H2/t17-,18?/m1/s1. The molecule has 2 rings (SSSR count). The Kier molecular flexibility index (Phi) is 7.56. The highest BCUT2D eigenvalue weighted by molar-refractivity contribution is 5.77. The SMILES string of the molecule is [O]CCCCN1C(=O)CCC[C@@H]1CCC(O)Cc1ccccc1. The smallest absolute Gasteiger partial charge is 0.222 e. The van der Waals surface area contributed by atoms with E-state index in [4.69, 9.17) is 0 Å². The predicted molar refractivity (Wildman–Crippen MR) is 89.5 cm³/mol. The number of nitrogens with zero attached hydrogens (tertiary/aromatic N) is 1. The van der Waals surface area contributed by atoms with Crippen molar-refractivity contribution < 1.29 is 15.0 Å². The molecule has 4 heteroatoms. The second-order valence-electron chi connectivity index (χ2n) is 6.47. The van der Waals surface area contributed by atoms with Gasteiger partial charge >= 0.3 is 0 Å². The summed E-state index contributed by atoms with van der Waals surface area (Å²) in [6.07, 6.45) is 5.86. The summed E-state index contributed by atoms with van der Waals surface area (Å²) in [5, 5.41) is 20.8. The van der Waals surface area contributed by atoms with Crippen LogP contribution in [-0.2, 0) is 16.3 Å². The van der Waals surface area contributed by atoms with Gasteiger partial charge in [-0.1, -0.05) is 30.3 Å². The summed E-state index contributed by atoms with van der Waals surface area (Å²) in [6.45, 7) is 0.628. The lowest BCUT2D eigenvalue weighted by Crippen LogP contribution is -2.44. The van der Waals surface area contributed by atoms with E-state index in [0.29, 0.717) is 32.2 Å². The molecule has 1 saturated heterocycles. The molecule has 1 amide bonds. The van der Waals surface area contributed by atoms with Gasteiger partial charge in [0, 0.05) is 19.0 Å². The predicted octanol–water partition coefficient (Wildman–Crippen LogP) is 2.96. The Morgan fingerprint density at radius 2 is 2.00 bits per heavy atom. The van der Waals surface area contributed by atoms with Gasteiger partial charge < -0.3 is 10.0 Å². The highest BCUT2D eigenvalue weighted by atomic mass is 16.3. The van der Waals surface area contributed by atoms with Crippen molar-refractivity contribution in [2.24, 2.45) is 0 Å². The number of hydrogen-bond acceptors (Lipinski definition) is 2. The first-order valence-corrected chi connectivity index (χ1v) is 8.80. The fraction of sp³-hybridized carbons (Fsp3) is 0.632. The first kappa shape index (κ1) is 18.0. The van der Waals surface area contributed by atoms with Crippen molar-refractivity contribution in [1.29, 1.82) is 0 Å². The molecule has 4 nitrogen and oxygen atoms in total. The Morgan fingerprint density at radius 1 is 1.22 bits per heavy atom. The van der Waals surface area contributed by atoms with Crippen molar-refractivity contribution in [2.75, 3.05) is 13.2 Å². The van der Waals surface area contributed by atoms with Crippen LogP contribution in [0.15, 0.2) is 30.3 Å².